The molecule has 0 radical (unpaired) electrons. The molecule has 372 valence electrons. The van der Waals surface area contributed by atoms with Crippen LogP contribution in [0.4, 0.5) is 0 Å². The Kier molecular flexibility index (Phi) is 54.5. The first-order valence-corrected chi connectivity index (χ1v) is 28.0. The first-order valence-electron chi connectivity index (χ1n) is 27.0. The topological polar surface area (TPSA) is 77.1 Å². The van der Waals surface area contributed by atoms with Crippen molar-refractivity contribution in [2.75, 3.05) is 59.4 Å². The lowest BCUT2D eigenvalue weighted by Gasteiger charge is -2.37. The number of unbranched alkanes of at least 4 members (excludes halogenated alkanes) is 25. The molecule has 1 aliphatic heterocycles. The van der Waals surface area contributed by atoms with E-state index in [0.717, 1.165) is 70.2 Å². The van der Waals surface area contributed by atoms with Gasteiger partial charge in [-0.1, -0.05) is 201 Å². The monoisotopic (exact) mass is 899 g/mol. The molecule has 1 N–H and O–H groups in total. The molecule has 62 heavy (non-hydrogen) atoms. The summed E-state index contributed by atoms with van der Waals surface area (Å²) in [5.41, 5.74) is 0.376. The molecule has 1 rings (SSSR count). The minimum Gasteiger partial charge on any atom is -0.381 e. The highest BCUT2D eigenvalue weighted by Gasteiger charge is 2.33. The highest BCUT2D eigenvalue weighted by atomic mass is 32.2. The molecule has 0 aliphatic carbocycles. The molecule has 0 spiro atoms. The summed E-state index contributed by atoms with van der Waals surface area (Å²) in [5.74, 6) is 1.13. The van der Waals surface area contributed by atoms with E-state index in [1.165, 1.54) is 212 Å². The van der Waals surface area contributed by atoms with E-state index < -0.39 is 0 Å². The average molecular weight is 900 g/mol. The normalized spacial score (nSPS) is 13.6. The second kappa shape index (κ2) is 53.1. The third kappa shape index (κ3) is 47.5. The van der Waals surface area contributed by atoms with E-state index >= 15 is 0 Å². The van der Waals surface area contributed by atoms with Crippen LogP contribution < -0.4 is 4.72 Å². The average Bonchev–Trinajstić information content (AvgIpc) is 3.27. The Morgan fingerprint density at radius 3 is 1.27 bits per heavy atom. The summed E-state index contributed by atoms with van der Waals surface area (Å²) in [6.07, 6.45) is 47.7. The van der Waals surface area contributed by atoms with Gasteiger partial charge in [0.1, 0.15) is 12.6 Å². The summed E-state index contributed by atoms with van der Waals surface area (Å²) in [5, 5.41) is 0. The molecule has 0 aromatic carbocycles. The first-order chi connectivity index (χ1) is 30.4. The van der Waals surface area contributed by atoms with E-state index in [9.17, 15) is 9.59 Å². The van der Waals surface area contributed by atoms with Gasteiger partial charge in [0.15, 0.2) is 0 Å². The standard InChI is InChI=1S/C24H46N2O3S.C18H38O.C12H26O/c1-24(21-29-22-24)23-30-25-15-14-18-26(16-10-6-2-4-8-12-19-27)17-11-7-3-5-9-13-20-28;1-4-6-8-10-12-14-16-18(19-3)17-15-13-11-9-7-5-2;1-4-6-7-8-9-10-11-12(5-2)13-3/h19-20,25H,2-18,21-23H2,1H3;18H,4-17H2,1-3H3;12H,4-11H2,1-3H3. The molecule has 1 atom stereocenters. The number of aldehydes is 2. The number of methoxy groups -OCH3 is 2. The van der Waals surface area contributed by atoms with Gasteiger partial charge in [-0.05, 0) is 77.4 Å². The number of carbonyl (C=O) groups excluding carboxylic acids is 2. The van der Waals surface area contributed by atoms with Crippen molar-refractivity contribution < 1.29 is 23.8 Å². The van der Waals surface area contributed by atoms with Crippen LogP contribution in [0.3, 0.4) is 0 Å². The van der Waals surface area contributed by atoms with Crippen LogP contribution in [0.2, 0.25) is 0 Å². The Morgan fingerprint density at radius 1 is 0.532 bits per heavy atom. The number of nitrogens with one attached hydrogen (secondary N) is 1. The van der Waals surface area contributed by atoms with Gasteiger partial charge in [0, 0.05) is 44.8 Å². The van der Waals surface area contributed by atoms with Gasteiger partial charge in [-0.3, -0.25) is 4.72 Å². The van der Waals surface area contributed by atoms with Crippen LogP contribution in [0.25, 0.3) is 0 Å². The van der Waals surface area contributed by atoms with E-state index in [1.807, 2.05) is 26.2 Å². The number of rotatable bonds is 47. The zero-order valence-electron chi connectivity index (χ0n) is 42.9. The fourth-order valence-electron chi connectivity index (χ4n) is 8.05. The van der Waals surface area contributed by atoms with Crippen molar-refractivity contribution >= 4 is 24.5 Å². The zero-order valence-corrected chi connectivity index (χ0v) is 43.7. The van der Waals surface area contributed by atoms with Gasteiger partial charge in [-0.25, -0.2) is 0 Å². The fourth-order valence-corrected chi connectivity index (χ4v) is 8.96. The maximum Gasteiger partial charge on any atom is 0.119 e. The smallest absolute Gasteiger partial charge is 0.119 e. The second-order valence-electron chi connectivity index (χ2n) is 18.9. The van der Waals surface area contributed by atoms with Gasteiger partial charge in [-0.2, -0.15) is 0 Å². The number of carbonyl (C=O) groups is 2. The minimum absolute atomic E-state index is 0.376. The van der Waals surface area contributed by atoms with Crippen molar-refractivity contribution in [2.45, 2.75) is 272 Å². The van der Waals surface area contributed by atoms with Crippen LogP contribution in [-0.4, -0.2) is 89.0 Å². The third-order valence-corrected chi connectivity index (χ3v) is 13.8. The quantitative estimate of drug-likeness (QED) is 0.0368. The molecule has 8 heteroatoms. The number of hydrogen-bond acceptors (Lipinski definition) is 8. The van der Waals surface area contributed by atoms with E-state index in [-0.39, 0.29) is 0 Å². The summed E-state index contributed by atoms with van der Waals surface area (Å²) >= 11 is 1.85. The van der Waals surface area contributed by atoms with Crippen molar-refractivity contribution in [3.8, 4) is 0 Å². The highest BCUT2D eigenvalue weighted by molar-refractivity contribution is 7.97. The maximum atomic E-state index is 10.4. The molecule has 1 saturated heterocycles. The molecule has 0 amide bonds. The molecule has 0 saturated carbocycles. The molecule has 0 aromatic rings. The molecule has 7 nitrogen and oxygen atoms in total. The van der Waals surface area contributed by atoms with Crippen LogP contribution in [0.1, 0.15) is 259 Å². The lowest BCUT2D eigenvalue weighted by atomic mass is 9.92. The van der Waals surface area contributed by atoms with Gasteiger partial charge in [0.25, 0.3) is 0 Å². The molecule has 1 fully saturated rings. The van der Waals surface area contributed by atoms with Crippen LogP contribution in [-0.2, 0) is 23.8 Å². The molecule has 0 aromatic heterocycles. The molecule has 1 aliphatic rings. The molecule has 1 unspecified atom stereocenters. The summed E-state index contributed by atoms with van der Waals surface area (Å²) in [6, 6.07) is 0. The summed E-state index contributed by atoms with van der Waals surface area (Å²) in [6.45, 7) is 17.7. The van der Waals surface area contributed by atoms with Crippen molar-refractivity contribution in [1.29, 1.82) is 0 Å². The Hall–Kier alpha value is -0.510. The van der Waals surface area contributed by atoms with Crippen molar-refractivity contribution in [3.05, 3.63) is 0 Å². The minimum atomic E-state index is 0.376. The molecular weight excluding hydrogens is 789 g/mol. The van der Waals surface area contributed by atoms with Crippen molar-refractivity contribution in [1.82, 2.24) is 9.62 Å². The third-order valence-electron chi connectivity index (χ3n) is 12.5. The van der Waals surface area contributed by atoms with E-state index in [4.69, 9.17) is 14.2 Å². The largest absolute Gasteiger partial charge is 0.381 e. The number of nitrogens with zero attached hydrogens (tertiary/aromatic N) is 1. The van der Waals surface area contributed by atoms with Crippen LogP contribution in [0.5, 0.6) is 0 Å². The molecule has 1 heterocycles. The Balaban J connectivity index is 0. The highest BCUT2D eigenvalue weighted by Crippen LogP contribution is 2.29. The lowest BCUT2D eigenvalue weighted by molar-refractivity contribution is -0.108. The van der Waals surface area contributed by atoms with Gasteiger partial charge in [0.2, 0.25) is 0 Å². The van der Waals surface area contributed by atoms with Gasteiger partial charge in [-0.15, -0.1) is 0 Å². The van der Waals surface area contributed by atoms with Crippen LogP contribution >= 0.6 is 11.9 Å². The summed E-state index contributed by atoms with van der Waals surface area (Å²) < 4.78 is 19.8. The van der Waals surface area contributed by atoms with Crippen LogP contribution in [0, 0.1) is 5.41 Å². The number of hydrogen-bond donors (Lipinski definition) is 1. The maximum absolute atomic E-state index is 10.4. The fraction of sp³-hybridized carbons (Fsp3) is 0.963. The molecular formula is C54H110N2O5S. The lowest BCUT2D eigenvalue weighted by Crippen LogP contribution is -2.42. The van der Waals surface area contributed by atoms with Gasteiger partial charge < -0.3 is 28.7 Å². The zero-order chi connectivity index (χ0) is 45.9. The Labute approximate surface area is 392 Å². The van der Waals surface area contributed by atoms with E-state index in [2.05, 4.69) is 44.2 Å². The second-order valence-corrected chi connectivity index (χ2v) is 19.8. The predicted octanol–water partition coefficient (Wildman–Crippen LogP) is 15.7. The van der Waals surface area contributed by atoms with Crippen molar-refractivity contribution in [2.24, 2.45) is 5.41 Å². The van der Waals surface area contributed by atoms with E-state index in [0.29, 0.717) is 17.6 Å². The van der Waals surface area contributed by atoms with Crippen molar-refractivity contribution in [3.63, 3.8) is 0 Å². The molecule has 0 bridgehead atoms. The summed E-state index contributed by atoms with van der Waals surface area (Å²) in [4.78, 5) is 23.4. The van der Waals surface area contributed by atoms with Crippen LogP contribution in [0.15, 0.2) is 0 Å². The number of ether oxygens (including phenoxy) is 3. The summed E-state index contributed by atoms with van der Waals surface area (Å²) in [7, 11) is 3.71. The Morgan fingerprint density at radius 2 is 0.903 bits per heavy atom. The first kappa shape index (κ1) is 63.6. The van der Waals surface area contributed by atoms with Gasteiger partial charge in [0.05, 0.1) is 25.4 Å². The van der Waals surface area contributed by atoms with Gasteiger partial charge >= 0.3 is 0 Å². The Bertz CT molecular complexity index is 821. The predicted molar refractivity (Wildman–Crippen MR) is 274 cm³/mol. The van der Waals surface area contributed by atoms with E-state index in [1.54, 1.807) is 0 Å². The SMILES string of the molecule is CC1(CSNCCCN(CCCCCCCC=O)CCCCCCCC=O)COC1.CCCCCCCCC(CC)OC.CCCCCCCCC(CCCCCCCC)OC.